The van der Waals surface area contributed by atoms with Crippen LogP contribution in [0.5, 0.6) is 0 Å². The molecule has 19 heavy (non-hydrogen) atoms. The molecule has 0 amide bonds. The zero-order chi connectivity index (χ0) is 13.7. The number of benzene rings is 1. The van der Waals surface area contributed by atoms with Crippen LogP contribution in [0.2, 0.25) is 0 Å². The summed E-state index contributed by atoms with van der Waals surface area (Å²) in [7, 11) is 0. The Bertz CT molecular complexity index is 573. The number of carbonyl (C=O) groups is 1. The summed E-state index contributed by atoms with van der Waals surface area (Å²) in [4.78, 5) is 15.6. The number of nitrogens with zero attached hydrogens (tertiary/aromatic N) is 1. The van der Waals surface area contributed by atoms with Crippen LogP contribution in [0.1, 0.15) is 15.9 Å². The third-order valence-electron chi connectivity index (χ3n) is 2.58. The molecule has 1 heterocycles. The molecule has 0 radical (unpaired) electrons. The maximum absolute atomic E-state index is 13.0. The molecule has 1 aromatic heterocycles. The van der Waals surface area contributed by atoms with Crippen molar-refractivity contribution in [3.63, 3.8) is 0 Å². The summed E-state index contributed by atoms with van der Waals surface area (Å²) in [5.41, 5.74) is 6.54. The van der Waals surface area contributed by atoms with Gasteiger partial charge < -0.3 is 10.5 Å². The fourth-order valence-electron chi connectivity index (χ4n) is 1.56. The number of carbonyl (C=O) groups excluding carboxylic acids is 1. The van der Waals surface area contributed by atoms with Gasteiger partial charge in [-0.2, -0.15) is 0 Å². The van der Waals surface area contributed by atoms with E-state index >= 15 is 0 Å². The topological polar surface area (TPSA) is 65.2 Å². The number of ether oxygens (including phenoxy) is 1. The highest BCUT2D eigenvalue weighted by molar-refractivity contribution is 5.90. The number of anilines is 1. The van der Waals surface area contributed by atoms with E-state index < -0.39 is 11.8 Å². The molecule has 4 nitrogen and oxygen atoms in total. The molecule has 0 atom stereocenters. The summed E-state index contributed by atoms with van der Waals surface area (Å²) < 4.78 is 18.0. The summed E-state index contributed by atoms with van der Waals surface area (Å²) in [6.07, 6.45) is 3.97. The molecule has 98 valence electrons. The largest absolute Gasteiger partial charge is 0.462 e. The van der Waals surface area contributed by atoms with Crippen molar-refractivity contribution in [3.8, 4) is 0 Å². The van der Waals surface area contributed by atoms with Crippen molar-refractivity contribution in [3.05, 3.63) is 59.7 Å². The maximum Gasteiger partial charge on any atom is 0.338 e. The summed E-state index contributed by atoms with van der Waals surface area (Å²) in [5.74, 6) is -1.07. The summed E-state index contributed by atoms with van der Waals surface area (Å²) in [5, 5.41) is 0. The third-order valence-corrected chi connectivity index (χ3v) is 2.58. The van der Waals surface area contributed by atoms with Gasteiger partial charge in [-0.05, 0) is 29.8 Å². The number of aromatic nitrogens is 1. The Hall–Kier alpha value is -2.43. The van der Waals surface area contributed by atoms with E-state index in [2.05, 4.69) is 4.98 Å². The van der Waals surface area contributed by atoms with Crippen LogP contribution in [0.25, 0.3) is 0 Å². The number of pyridine rings is 1. The molecule has 0 aliphatic carbocycles. The van der Waals surface area contributed by atoms with Gasteiger partial charge in [0.1, 0.15) is 5.82 Å². The molecule has 0 saturated heterocycles. The minimum absolute atomic E-state index is 0.0679. The highest BCUT2D eigenvalue weighted by Gasteiger charge is 2.09. The van der Waals surface area contributed by atoms with Crippen LogP contribution >= 0.6 is 0 Å². The summed E-state index contributed by atoms with van der Waals surface area (Å²) in [6, 6.07) is 7.47. The van der Waals surface area contributed by atoms with E-state index in [0.717, 1.165) is 11.6 Å². The summed E-state index contributed by atoms with van der Waals surface area (Å²) in [6.45, 7) is 0.238. The van der Waals surface area contributed by atoms with Gasteiger partial charge in [-0.25, -0.2) is 9.18 Å². The minimum atomic E-state index is -0.549. The van der Waals surface area contributed by atoms with Crippen molar-refractivity contribution in [2.45, 2.75) is 6.42 Å². The second kappa shape index (κ2) is 5.95. The first-order valence-corrected chi connectivity index (χ1v) is 5.78. The van der Waals surface area contributed by atoms with Crippen LogP contribution in [0, 0.1) is 5.82 Å². The average Bonchev–Trinajstić information content (AvgIpc) is 2.43. The van der Waals surface area contributed by atoms with Crippen molar-refractivity contribution in [2.24, 2.45) is 0 Å². The lowest BCUT2D eigenvalue weighted by atomic mass is 10.2. The monoisotopic (exact) mass is 260 g/mol. The van der Waals surface area contributed by atoms with Gasteiger partial charge in [0.25, 0.3) is 0 Å². The Kier molecular flexibility index (Phi) is 4.07. The third kappa shape index (κ3) is 3.51. The molecule has 0 bridgehead atoms. The van der Waals surface area contributed by atoms with Crippen LogP contribution in [0.4, 0.5) is 10.1 Å². The molecule has 2 aromatic rings. The van der Waals surface area contributed by atoms with E-state index in [1.807, 2.05) is 12.1 Å². The second-order valence-corrected chi connectivity index (χ2v) is 3.98. The quantitative estimate of drug-likeness (QED) is 0.676. The molecule has 0 unspecified atom stereocenters. The van der Waals surface area contributed by atoms with Crippen LogP contribution in [0.15, 0.2) is 42.7 Å². The maximum atomic E-state index is 13.0. The molecule has 0 aliphatic heterocycles. The van der Waals surface area contributed by atoms with E-state index in [-0.39, 0.29) is 17.9 Å². The van der Waals surface area contributed by atoms with Gasteiger partial charge in [-0.3, -0.25) is 4.98 Å². The Morgan fingerprint density at radius 1 is 1.37 bits per heavy atom. The van der Waals surface area contributed by atoms with Crippen molar-refractivity contribution in [1.82, 2.24) is 4.98 Å². The Morgan fingerprint density at radius 3 is 2.89 bits per heavy atom. The minimum Gasteiger partial charge on any atom is -0.462 e. The molecule has 0 saturated carbocycles. The predicted molar refractivity (Wildman–Crippen MR) is 69.0 cm³/mol. The first-order valence-electron chi connectivity index (χ1n) is 5.78. The predicted octanol–water partition coefficient (Wildman–Crippen LogP) is 2.20. The number of nitrogens with two attached hydrogens (primary N) is 1. The number of nitrogen functional groups attached to an aromatic ring is 1. The van der Waals surface area contributed by atoms with Crippen molar-refractivity contribution < 1.29 is 13.9 Å². The Balaban J connectivity index is 1.89. The van der Waals surface area contributed by atoms with Crippen molar-refractivity contribution in [1.29, 1.82) is 0 Å². The summed E-state index contributed by atoms with van der Waals surface area (Å²) >= 11 is 0. The van der Waals surface area contributed by atoms with E-state index in [0.29, 0.717) is 6.42 Å². The lowest BCUT2D eigenvalue weighted by Crippen LogP contribution is -2.09. The van der Waals surface area contributed by atoms with Gasteiger partial charge in [0.15, 0.2) is 0 Å². The Morgan fingerprint density at radius 2 is 2.21 bits per heavy atom. The molecular weight excluding hydrogens is 247 g/mol. The van der Waals surface area contributed by atoms with E-state index in [9.17, 15) is 9.18 Å². The standard InChI is InChI=1S/C14H13FN2O2/c15-12-4-3-11(8-13(12)16)14(18)19-7-5-10-2-1-6-17-9-10/h1-4,6,8-9H,5,7,16H2. The SMILES string of the molecule is Nc1cc(C(=O)OCCc2cccnc2)ccc1F. The van der Waals surface area contributed by atoms with Crippen molar-refractivity contribution in [2.75, 3.05) is 12.3 Å². The van der Waals surface area contributed by atoms with E-state index in [4.69, 9.17) is 10.5 Å². The van der Waals surface area contributed by atoms with Gasteiger partial charge in [-0.1, -0.05) is 6.07 Å². The number of hydrogen-bond acceptors (Lipinski definition) is 4. The highest BCUT2D eigenvalue weighted by atomic mass is 19.1. The van der Waals surface area contributed by atoms with Gasteiger partial charge >= 0.3 is 5.97 Å². The Labute approximate surface area is 110 Å². The smallest absolute Gasteiger partial charge is 0.338 e. The van der Waals surface area contributed by atoms with Crippen molar-refractivity contribution >= 4 is 11.7 Å². The van der Waals surface area contributed by atoms with Crippen LogP contribution < -0.4 is 5.73 Å². The lowest BCUT2D eigenvalue weighted by Gasteiger charge is -2.05. The van der Waals surface area contributed by atoms with Crippen LogP contribution in [0.3, 0.4) is 0 Å². The van der Waals surface area contributed by atoms with Gasteiger partial charge in [0.05, 0.1) is 17.9 Å². The van der Waals surface area contributed by atoms with Gasteiger partial charge in [-0.15, -0.1) is 0 Å². The molecule has 1 aromatic carbocycles. The average molecular weight is 260 g/mol. The molecule has 2 rings (SSSR count). The van der Waals surface area contributed by atoms with Crippen LogP contribution in [-0.2, 0) is 11.2 Å². The first-order chi connectivity index (χ1) is 9.16. The van der Waals surface area contributed by atoms with Gasteiger partial charge in [0, 0.05) is 18.8 Å². The number of hydrogen-bond donors (Lipinski definition) is 1. The van der Waals surface area contributed by atoms with Gasteiger partial charge in [0.2, 0.25) is 0 Å². The molecule has 0 fully saturated rings. The lowest BCUT2D eigenvalue weighted by molar-refractivity contribution is 0.0509. The van der Waals surface area contributed by atoms with Crippen LogP contribution in [-0.4, -0.2) is 17.6 Å². The zero-order valence-electron chi connectivity index (χ0n) is 10.2. The first kappa shape index (κ1) is 13.0. The number of halogens is 1. The normalized spacial score (nSPS) is 10.2. The highest BCUT2D eigenvalue weighted by Crippen LogP contribution is 2.13. The second-order valence-electron chi connectivity index (χ2n) is 3.98. The number of rotatable bonds is 4. The van der Waals surface area contributed by atoms with E-state index in [1.165, 1.54) is 12.1 Å². The molecule has 5 heteroatoms. The van der Waals surface area contributed by atoms with E-state index in [1.54, 1.807) is 12.4 Å². The molecule has 0 spiro atoms. The fraction of sp³-hybridized carbons (Fsp3) is 0.143. The molecule has 0 aliphatic rings. The zero-order valence-corrected chi connectivity index (χ0v) is 10.2. The molecular formula is C14H13FN2O2. The number of esters is 1. The fourth-order valence-corrected chi connectivity index (χ4v) is 1.56. The molecule has 2 N–H and O–H groups in total.